The van der Waals surface area contributed by atoms with Crippen molar-refractivity contribution in [1.29, 1.82) is 0 Å². The number of rotatable bonds is 4. The molecule has 26 heavy (non-hydrogen) atoms. The fraction of sp³-hybridized carbons (Fsp3) is 0.353. The Morgan fingerprint density at radius 3 is 2.46 bits per heavy atom. The Hall–Kier alpha value is -3.23. The standard InChI is InChI=1S/C17H20N4O5/c1-10(2)18-15(24)16(25)20-19-13(22)7-8-21-14(23)9-11-5-3-4-6-12(11)17(21)26/h3-6,10H,7-9H2,1-2H3,(H,18,24)(H,19,22)(H,20,25). The molecule has 1 aliphatic heterocycles. The number of carbonyl (C=O) groups excluding carboxylic acids is 5. The molecule has 1 aromatic carbocycles. The van der Waals surface area contributed by atoms with Gasteiger partial charge in [0.15, 0.2) is 0 Å². The monoisotopic (exact) mass is 360 g/mol. The van der Waals surface area contributed by atoms with Gasteiger partial charge in [0.1, 0.15) is 0 Å². The molecule has 0 bridgehead atoms. The van der Waals surface area contributed by atoms with E-state index < -0.39 is 23.6 Å². The first-order valence-electron chi connectivity index (χ1n) is 8.12. The van der Waals surface area contributed by atoms with E-state index in [0.717, 1.165) is 4.90 Å². The van der Waals surface area contributed by atoms with Crippen LogP contribution in [0.2, 0.25) is 0 Å². The fourth-order valence-corrected chi connectivity index (χ4v) is 2.41. The molecular weight excluding hydrogens is 340 g/mol. The lowest BCUT2D eigenvalue weighted by atomic mass is 9.98. The van der Waals surface area contributed by atoms with Gasteiger partial charge in [-0.25, -0.2) is 0 Å². The fourth-order valence-electron chi connectivity index (χ4n) is 2.41. The van der Waals surface area contributed by atoms with Crippen molar-refractivity contribution in [3.8, 4) is 0 Å². The molecule has 0 aliphatic carbocycles. The molecule has 1 aliphatic rings. The molecule has 1 aromatic rings. The molecule has 2 rings (SSSR count). The third-order valence-electron chi connectivity index (χ3n) is 3.64. The third kappa shape index (κ3) is 4.65. The third-order valence-corrected chi connectivity index (χ3v) is 3.64. The summed E-state index contributed by atoms with van der Waals surface area (Å²) < 4.78 is 0. The second kappa shape index (κ2) is 8.24. The largest absolute Gasteiger partial charge is 0.346 e. The first-order chi connectivity index (χ1) is 12.3. The molecule has 0 fully saturated rings. The molecule has 138 valence electrons. The average molecular weight is 360 g/mol. The summed E-state index contributed by atoms with van der Waals surface area (Å²) in [6, 6.07) is 6.58. The second-order valence-corrected chi connectivity index (χ2v) is 6.06. The van der Waals surface area contributed by atoms with Crippen molar-refractivity contribution in [3.05, 3.63) is 35.4 Å². The molecule has 0 spiro atoms. The van der Waals surface area contributed by atoms with Crippen LogP contribution in [0.25, 0.3) is 0 Å². The first-order valence-corrected chi connectivity index (χ1v) is 8.12. The molecule has 0 saturated carbocycles. The van der Waals surface area contributed by atoms with Gasteiger partial charge in [-0.05, 0) is 25.5 Å². The average Bonchev–Trinajstić information content (AvgIpc) is 2.58. The van der Waals surface area contributed by atoms with E-state index in [1.54, 1.807) is 38.1 Å². The van der Waals surface area contributed by atoms with Crippen LogP contribution >= 0.6 is 0 Å². The van der Waals surface area contributed by atoms with Crippen molar-refractivity contribution in [2.45, 2.75) is 32.7 Å². The number of amides is 5. The molecule has 3 N–H and O–H groups in total. The highest BCUT2D eigenvalue weighted by Crippen LogP contribution is 2.19. The highest BCUT2D eigenvalue weighted by atomic mass is 16.2. The van der Waals surface area contributed by atoms with Crippen LogP contribution in [0.1, 0.15) is 36.2 Å². The molecule has 1 heterocycles. The Morgan fingerprint density at radius 1 is 1.08 bits per heavy atom. The van der Waals surface area contributed by atoms with Gasteiger partial charge in [-0.15, -0.1) is 0 Å². The van der Waals surface area contributed by atoms with Gasteiger partial charge < -0.3 is 5.32 Å². The molecule has 0 aromatic heterocycles. The molecule has 5 amide bonds. The number of hydrogen-bond donors (Lipinski definition) is 3. The van der Waals surface area contributed by atoms with Crippen LogP contribution < -0.4 is 16.2 Å². The van der Waals surface area contributed by atoms with Gasteiger partial charge in [0.05, 0.1) is 6.42 Å². The van der Waals surface area contributed by atoms with E-state index in [-0.39, 0.29) is 31.3 Å². The number of imide groups is 1. The molecule has 0 unspecified atom stereocenters. The number of benzene rings is 1. The van der Waals surface area contributed by atoms with Gasteiger partial charge in [-0.1, -0.05) is 18.2 Å². The van der Waals surface area contributed by atoms with Crippen molar-refractivity contribution in [2.24, 2.45) is 0 Å². The smallest absolute Gasteiger partial charge is 0.327 e. The van der Waals surface area contributed by atoms with Crippen molar-refractivity contribution in [2.75, 3.05) is 6.54 Å². The van der Waals surface area contributed by atoms with E-state index in [1.165, 1.54) is 0 Å². The lowest BCUT2D eigenvalue weighted by molar-refractivity contribution is -0.141. The zero-order valence-electron chi connectivity index (χ0n) is 14.5. The summed E-state index contributed by atoms with van der Waals surface area (Å²) in [5.41, 5.74) is 5.15. The Labute approximate surface area is 150 Å². The molecular formula is C17H20N4O5. The van der Waals surface area contributed by atoms with Crippen molar-refractivity contribution >= 4 is 29.5 Å². The Bertz CT molecular complexity index is 759. The molecule has 0 radical (unpaired) electrons. The van der Waals surface area contributed by atoms with Gasteiger partial charge in [-0.2, -0.15) is 0 Å². The van der Waals surface area contributed by atoms with E-state index in [9.17, 15) is 24.0 Å². The van der Waals surface area contributed by atoms with E-state index in [1.807, 2.05) is 5.43 Å². The predicted octanol–water partition coefficient (Wildman–Crippen LogP) is -0.726. The Morgan fingerprint density at radius 2 is 1.77 bits per heavy atom. The van der Waals surface area contributed by atoms with Crippen molar-refractivity contribution < 1.29 is 24.0 Å². The summed E-state index contributed by atoms with van der Waals surface area (Å²) in [7, 11) is 0. The summed E-state index contributed by atoms with van der Waals surface area (Å²) in [4.78, 5) is 60.1. The lowest BCUT2D eigenvalue weighted by Crippen LogP contribution is -2.50. The maximum Gasteiger partial charge on any atom is 0.327 e. The summed E-state index contributed by atoms with van der Waals surface area (Å²) in [5, 5.41) is 2.37. The number of fused-ring (bicyclic) bond motifs is 1. The van der Waals surface area contributed by atoms with Crippen LogP contribution in [0, 0.1) is 0 Å². The van der Waals surface area contributed by atoms with Crippen molar-refractivity contribution in [3.63, 3.8) is 0 Å². The van der Waals surface area contributed by atoms with Gasteiger partial charge in [0.2, 0.25) is 11.8 Å². The van der Waals surface area contributed by atoms with Crippen LogP contribution in [-0.2, 0) is 25.6 Å². The van der Waals surface area contributed by atoms with Crippen molar-refractivity contribution in [1.82, 2.24) is 21.1 Å². The normalized spacial score (nSPS) is 13.3. The summed E-state index contributed by atoms with van der Waals surface area (Å²) in [6.45, 7) is 3.26. The molecule has 0 saturated heterocycles. The number of nitrogens with zero attached hydrogens (tertiary/aromatic N) is 1. The zero-order valence-corrected chi connectivity index (χ0v) is 14.5. The van der Waals surface area contributed by atoms with E-state index in [2.05, 4.69) is 10.7 Å². The van der Waals surface area contributed by atoms with Crippen LogP contribution in [0.15, 0.2) is 24.3 Å². The number of hydrogen-bond acceptors (Lipinski definition) is 5. The number of hydrazine groups is 1. The predicted molar refractivity (Wildman–Crippen MR) is 90.4 cm³/mol. The zero-order chi connectivity index (χ0) is 19.3. The Kier molecular flexibility index (Phi) is 6.05. The summed E-state index contributed by atoms with van der Waals surface area (Å²) in [5.74, 6) is -3.36. The molecule has 9 nitrogen and oxygen atoms in total. The molecule has 0 atom stereocenters. The quantitative estimate of drug-likeness (QED) is 0.371. The van der Waals surface area contributed by atoms with Gasteiger partial charge in [-0.3, -0.25) is 39.7 Å². The van der Waals surface area contributed by atoms with E-state index >= 15 is 0 Å². The number of nitrogens with one attached hydrogen (secondary N) is 3. The number of carbonyl (C=O) groups is 5. The van der Waals surface area contributed by atoms with Crippen LogP contribution in [0.4, 0.5) is 0 Å². The van der Waals surface area contributed by atoms with E-state index in [4.69, 9.17) is 0 Å². The summed E-state index contributed by atoms with van der Waals surface area (Å²) >= 11 is 0. The van der Waals surface area contributed by atoms with Gasteiger partial charge in [0, 0.05) is 24.6 Å². The van der Waals surface area contributed by atoms with Gasteiger partial charge >= 0.3 is 11.8 Å². The highest BCUT2D eigenvalue weighted by Gasteiger charge is 2.30. The lowest BCUT2D eigenvalue weighted by Gasteiger charge is -2.26. The van der Waals surface area contributed by atoms with Crippen LogP contribution in [0.3, 0.4) is 0 Å². The van der Waals surface area contributed by atoms with E-state index in [0.29, 0.717) is 11.1 Å². The van der Waals surface area contributed by atoms with Crippen LogP contribution in [-0.4, -0.2) is 47.0 Å². The minimum Gasteiger partial charge on any atom is -0.346 e. The first kappa shape index (κ1) is 19.1. The summed E-state index contributed by atoms with van der Waals surface area (Å²) in [6.07, 6.45) is -0.110. The topological polar surface area (TPSA) is 125 Å². The second-order valence-electron chi connectivity index (χ2n) is 6.06. The maximum absolute atomic E-state index is 12.3. The highest BCUT2D eigenvalue weighted by molar-refractivity contribution is 6.35. The Balaban J connectivity index is 1.84. The molecule has 9 heteroatoms. The SMILES string of the molecule is CC(C)NC(=O)C(=O)NNC(=O)CCN1C(=O)Cc2ccccc2C1=O. The maximum atomic E-state index is 12.3. The van der Waals surface area contributed by atoms with Gasteiger partial charge in [0.25, 0.3) is 5.91 Å². The minimum atomic E-state index is -1.01. The minimum absolute atomic E-state index is 0.0929. The van der Waals surface area contributed by atoms with Crippen LogP contribution in [0.5, 0.6) is 0 Å².